The van der Waals surface area contributed by atoms with Crippen molar-refractivity contribution in [2.75, 3.05) is 6.54 Å². The van der Waals surface area contributed by atoms with Gasteiger partial charge in [0.2, 0.25) is 0 Å². The number of hydrogen-bond donors (Lipinski definition) is 3. The molecule has 0 fully saturated rings. The highest BCUT2D eigenvalue weighted by Crippen LogP contribution is 2.02. The minimum absolute atomic E-state index is 0.153. The molecule has 0 saturated carbocycles. The first-order valence-corrected chi connectivity index (χ1v) is 4.16. The fourth-order valence-electron chi connectivity index (χ4n) is 0.943. The van der Waals surface area contributed by atoms with Crippen LogP contribution in [0.2, 0.25) is 0 Å². The largest absolute Gasteiger partial charge is 0.343 e. The minimum Gasteiger partial charge on any atom is -0.343 e. The quantitative estimate of drug-likeness (QED) is 0.359. The number of carbonyl (C=O) groups is 2. The van der Waals surface area contributed by atoms with E-state index >= 15 is 0 Å². The van der Waals surface area contributed by atoms with Gasteiger partial charge in [-0.2, -0.15) is 0 Å². The number of amides is 2. The number of nitrogens with one attached hydrogen (secondary N) is 2. The Bertz CT molecular complexity index is 381. The molecule has 2 amide bonds. The molecule has 1 aromatic carbocycles. The number of carbonyl (C=O) groups excluding carboxylic acids is 2. The summed E-state index contributed by atoms with van der Waals surface area (Å²) >= 11 is 0. The molecule has 4 N–H and O–H groups in total. The highest BCUT2D eigenvalue weighted by molar-refractivity contribution is 5.96. The van der Waals surface area contributed by atoms with Crippen LogP contribution in [-0.4, -0.2) is 18.4 Å². The van der Waals surface area contributed by atoms with Crippen LogP contribution < -0.4 is 16.6 Å². The molecule has 0 unspecified atom stereocenters. The van der Waals surface area contributed by atoms with Gasteiger partial charge in [0.05, 0.1) is 6.54 Å². The second-order valence-corrected chi connectivity index (χ2v) is 2.76. The number of nitrogens with two attached hydrogens (primary N) is 1. The third-order valence-electron chi connectivity index (χ3n) is 1.66. The lowest BCUT2D eigenvalue weighted by molar-refractivity contribution is -0.120. The molecule has 0 saturated heterocycles. The first-order chi connectivity index (χ1) is 7.13. The number of hydrazine groups is 1. The second-order valence-electron chi connectivity index (χ2n) is 2.76. The number of halogens is 1. The van der Waals surface area contributed by atoms with Crippen LogP contribution in [0.1, 0.15) is 10.4 Å². The van der Waals surface area contributed by atoms with Gasteiger partial charge in [0, 0.05) is 5.56 Å². The van der Waals surface area contributed by atoms with Crippen molar-refractivity contribution in [2.45, 2.75) is 0 Å². The lowest BCUT2D eigenvalue weighted by atomic mass is 10.2. The van der Waals surface area contributed by atoms with Crippen LogP contribution in [0.4, 0.5) is 4.39 Å². The van der Waals surface area contributed by atoms with E-state index in [0.29, 0.717) is 0 Å². The van der Waals surface area contributed by atoms with Crippen LogP contribution in [0.15, 0.2) is 24.3 Å². The predicted octanol–water partition coefficient (Wildman–Crippen LogP) is -0.455. The van der Waals surface area contributed by atoms with E-state index in [0.717, 1.165) is 6.07 Å². The molecule has 0 aliphatic rings. The van der Waals surface area contributed by atoms with Crippen LogP contribution in [0.3, 0.4) is 0 Å². The van der Waals surface area contributed by atoms with Crippen molar-refractivity contribution in [2.24, 2.45) is 5.84 Å². The van der Waals surface area contributed by atoms with E-state index in [9.17, 15) is 14.0 Å². The Morgan fingerprint density at radius 3 is 2.73 bits per heavy atom. The summed E-state index contributed by atoms with van der Waals surface area (Å²) in [5.74, 6) is 3.24. The molecule has 0 radical (unpaired) electrons. The zero-order valence-corrected chi connectivity index (χ0v) is 7.79. The van der Waals surface area contributed by atoms with E-state index < -0.39 is 17.6 Å². The van der Waals surface area contributed by atoms with Crippen molar-refractivity contribution < 1.29 is 14.0 Å². The van der Waals surface area contributed by atoms with Gasteiger partial charge < -0.3 is 5.32 Å². The summed E-state index contributed by atoms with van der Waals surface area (Å²) in [5.41, 5.74) is 2.01. The molecule has 0 aliphatic carbocycles. The fourth-order valence-corrected chi connectivity index (χ4v) is 0.943. The predicted molar refractivity (Wildman–Crippen MR) is 51.1 cm³/mol. The van der Waals surface area contributed by atoms with E-state index in [2.05, 4.69) is 5.32 Å². The van der Waals surface area contributed by atoms with Gasteiger partial charge in [0.25, 0.3) is 11.8 Å². The monoisotopic (exact) mass is 211 g/mol. The van der Waals surface area contributed by atoms with Crippen molar-refractivity contribution in [1.82, 2.24) is 10.7 Å². The smallest absolute Gasteiger partial charge is 0.253 e. The van der Waals surface area contributed by atoms with Gasteiger partial charge in [-0.05, 0) is 18.2 Å². The molecular formula is C9H10FN3O2. The topological polar surface area (TPSA) is 84.2 Å². The maximum atomic E-state index is 12.7. The zero-order chi connectivity index (χ0) is 11.3. The van der Waals surface area contributed by atoms with Crippen molar-refractivity contribution in [1.29, 1.82) is 0 Å². The van der Waals surface area contributed by atoms with E-state index in [-0.39, 0.29) is 12.1 Å². The molecule has 0 bridgehead atoms. The van der Waals surface area contributed by atoms with Gasteiger partial charge in [-0.25, -0.2) is 10.2 Å². The number of benzene rings is 1. The molecule has 5 nitrogen and oxygen atoms in total. The molecular weight excluding hydrogens is 201 g/mol. The SMILES string of the molecule is NNC(=O)CNC(=O)c1cccc(F)c1. The van der Waals surface area contributed by atoms with Gasteiger partial charge in [-0.1, -0.05) is 6.07 Å². The summed E-state index contributed by atoms with van der Waals surface area (Å²) in [7, 11) is 0. The molecule has 6 heteroatoms. The third kappa shape index (κ3) is 3.35. The van der Waals surface area contributed by atoms with Crippen LogP contribution in [0, 0.1) is 5.82 Å². The normalized spacial score (nSPS) is 9.47. The molecule has 1 aromatic rings. The summed E-state index contributed by atoms with van der Waals surface area (Å²) < 4.78 is 12.7. The zero-order valence-electron chi connectivity index (χ0n) is 7.79. The summed E-state index contributed by atoms with van der Waals surface area (Å²) in [5, 5.41) is 2.28. The average Bonchev–Trinajstić information content (AvgIpc) is 2.25. The summed E-state index contributed by atoms with van der Waals surface area (Å²) in [6.07, 6.45) is 0. The Morgan fingerprint density at radius 1 is 1.40 bits per heavy atom. The Kier molecular flexibility index (Phi) is 3.75. The molecule has 0 aromatic heterocycles. The standard InChI is InChI=1S/C9H10FN3O2/c10-7-3-1-2-6(4-7)9(15)12-5-8(14)13-11/h1-4H,5,11H2,(H,12,15)(H,13,14). The second kappa shape index (κ2) is 5.06. The van der Waals surface area contributed by atoms with E-state index in [1.807, 2.05) is 5.43 Å². The van der Waals surface area contributed by atoms with Gasteiger partial charge in [-0.3, -0.25) is 15.0 Å². The molecule has 15 heavy (non-hydrogen) atoms. The van der Waals surface area contributed by atoms with E-state index in [1.54, 1.807) is 0 Å². The summed E-state index contributed by atoms with van der Waals surface area (Å²) in [4.78, 5) is 22.0. The van der Waals surface area contributed by atoms with Crippen LogP contribution in [0.5, 0.6) is 0 Å². The van der Waals surface area contributed by atoms with Gasteiger partial charge in [0.1, 0.15) is 5.82 Å². The average molecular weight is 211 g/mol. The first-order valence-electron chi connectivity index (χ1n) is 4.16. The van der Waals surface area contributed by atoms with Crippen molar-refractivity contribution in [3.8, 4) is 0 Å². The Morgan fingerprint density at radius 2 is 2.13 bits per heavy atom. The maximum Gasteiger partial charge on any atom is 0.253 e. The number of rotatable bonds is 3. The highest BCUT2D eigenvalue weighted by Gasteiger charge is 2.07. The fraction of sp³-hybridized carbons (Fsp3) is 0.111. The van der Waals surface area contributed by atoms with Gasteiger partial charge >= 0.3 is 0 Å². The van der Waals surface area contributed by atoms with E-state index in [4.69, 9.17) is 5.84 Å². The molecule has 0 aliphatic heterocycles. The highest BCUT2D eigenvalue weighted by atomic mass is 19.1. The maximum absolute atomic E-state index is 12.7. The third-order valence-corrected chi connectivity index (χ3v) is 1.66. The lowest BCUT2D eigenvalue weighted by Crippen LogP contribution is -2.40. The Balaban J connectivity index is 2.58. The van der Waals surface area contributed by atoms with Crippen LogP contribution >= 0.6 is 0 Å². The van der Waals surface area contributed by atoms with Crippen molar-refractivity contribution in [3.63, 3.8) is 0 Å². The first kappa shape index (κ1) is 11.1. The Labute approximate surface area is 85.4 Å². The van der Waals surface area contributed by atoms with Gasteiger partial charge in [-0.15, -0.1) is 0 Å². The van der Waals surface area contributed by atoms with Crippen molar-refractivity contribution in [3.05, 3.63) is 35.6 Å². The molecule has 0 heterocycles. The van der Waals surface area contributed by atoms with Crippen molar-refractivity contribution >= 4 is 11.8 Å². The minimum atomic E-state index is -0.530. The summed E-state index contributed by atoms with van der Waals surface area (Å²) in [6, 6.07) is 5.16. The summed E-state index contributed by atoms with van der Waals surface area (Å²) in [6.45, 7) is -0.244. The molecule has 0 spiro atoms. The van der Waals surface area contributed by atoms with E-state index in [1.165, 1.54) is 18.2 Å². The number of hydrogen-bond acceptors (Lipinski definition) is 3. The van der Waals surface area contributed by atoms with Crippen LogP contribution in [-0.2, 0) is 4.79 Å². The lowest BCUT2D eigenvalue weighted by Gasteiger charge is -2.03. The van der Waals surface area contributed by atoms with Crippen LogP contribution in [0.25, 0.3) is 0 Å². The van der Waals surface area contributed by atoms with Gasteiger partial charge in [0.15, 0.2) is 0 Å². The molecule has 80 valence electrons. The Hall–Kier alpha value is -1.95. The molecule has 0 atom stereocenters. The molecule has 1 rings (SSSR count).